The van der Waals surface area contributed by atoms with E-state index >= 15 is 0 Å². The molecule has 20 heavy (non-hydrogen) atoms. The molecule has 0 aliphatic carbocycles. The van der Waals surface area contributed by atoms with Gasteiger partial charge in [-0.1, -0.05) is 0 Å². The Morgan fingerprint density at radius 3 is 2.40 bits per heavy atom. The molecule has 5 heteroatoms. The van der Waals surface area contributed by atoms with Crippen molar-refractivity contribution in [2.75, 3.05) is 53.0 Å². The molecule has 0 bridgehead atoms. The molecule has 2 rings (SSSR count). The number of piperazine rings is 1. The molecule has 2 heterocycles. The second-order valence-corrected chi connectivity index (χ2v) is 6.98. The van der Waals surface area contributed by atoms with Crippen LogP contribution in [0, 0.1) is 0 Å². The first-order valence-electron chi connectivity index (χ1n) is 7.69. The zero-order valence-electron chi connectivity index (χ0n) is 13.4. The van der Waals surface area contributed by atoms with Crippen molar-refractivity contribution in [2.45, 2.75) is 38.8 Å². The van der Waals surface area contributed by atoms with Crippen molar-refractivity contribution < 1.29 is 9.53 Å². The van der Waals surface area contributed by atoms with Crippen molar-refractivity contribution in [3.8, 4) is 0 Å². The minimum Gasteiger partial charge on any atom is -0.378 e. The molecule has 0 aromatic rings. The molecule has 2 saturated heterocycles. The highest BCUT2D eigenvalue weighted by molar-refractivity contribution is 5.77. The Balaban J connectivity index is 1.91. The third-order valence-corrected chi connectivity index (χ3v) is 4.36. The molecule has 0 spiro atoms. The van der Waals surface area contributed by atoms with Gasteiger partial charge in [0.2, 0.25) is 5.91 Å². The van der Waals surface area contributed by atoms with E-state index in [1.54, 1.807) is 0 Å². The molecule has 1 unspecified atom stereocenters. The van der Waals surface area contributed by atoms with Crippen molar-refractivity contribution >= 4 is 5.91 Å². The molecule has 0 saturated carbocycles. The number of carbonyl (C=O) groups excluding carboxylic acids is 1. The average molecular weight is 283 g/mol. The van der Waals surface area contributed by atoms with E-state index in [4.69, 9.17) is 4.74 Å². The summed E-state index contributed by atoms with van der Waals surface area (Å²) in [4.78, 5) is 19.2. The summed E-state index contributed by atoms with van der Waals surface area (Å²) in [6.45, 7) is 12.7. The van der Waals surface area contributed by atoms with Gasteiger partial charge in [0.15, 0.2) is 0 Å². The third kappa shape index (κ3) is 3.93. The lowest BCUT2D eigenvalue weighted by Crippen LogP contribution is -2.56. The molecule has 1 amide bonds. The summed E-state index contributed by atoms with van der Waals surface area (Å²) < 4.78 is 5.59. The van der Waals surface area contributed by atoms with Crippen LogP contribution in [-0.4, -0.2) is 85.2 Å². The Kier molecular flexibility index (Phi) is 5.04. The van der Waals surface area contributed by atoms with Crippen LogP contribution >= 0.6 is 0 Å². The van der Waals surface area contributed by atoms with E-state index in [-0.39, 0.29) is 17.5 Å². The number of ether oxygens (including phenoxy) is 1. The molecule has 2 fully saturated rings. The van der Waals surface area contributed by atoms with Crippen LogP contribution in [0.15, 0.2) is 0 Å². The van der Waals surface area contributed by atoms with E-state index in [0.29, 0.717) is 13.0 Å². The van der Waals surface area contributed by atoms with Gasteiger partial charge < -0.3 is 14.5 Å². The number of likely N-dealkylation sites (N-methyl/N-ethyl adjacent to an activating group) is 1. The highest BCUT2D eigenvalue weighted by Crippen LogP contribution is 2.22. The Morgan fingerprint density at radius 1 is 1.15 bits per heavy atom. The molecule has 116 valence electrons. The van der Waals surface area contributed by atoms with Gasteiger partial charge in [-0.05, 0) is 27.8 Å². The first-order chi connectivity index (χ1) is 9.38. The summed E-state index contributed by atoms with van der Waals surface area (Å²) in [7, 11) is 2.11. The van der Waals surface area contributed by atoms with E-state index < -0.39 is 0 Å². The predicted molar refractivity (Wildman–Crippen MR) is 79.8 cm³/mol. The van der Waals surface area contributed by atoms with Crippen LogP contribution in [0.3, 0.4) is 0 Å². The van der Waals surface area contributed by atoms with Crippen LogP contribution in [0.25, 0.3) is 0 Å². The fraction of sp³-hybridized carbons (Fsp3) is 0.933. The van der Waals surface area contributed by atoms with Gasteiger partial charge in [0.1, 0.15) is 0 Å². The molecule has 5 nitrogen and oxygen atoms in total. The van der Waals surface area contributed by atoms with Crippen LogP contribution < -0.4 is 0 Å². The highest BCUT2D eigenvalue weighted by atomic mass is 16.5. The van der Waals surface area contributed by atoms with Crippen molar-refractivity contribution in [3.05, 3.63) is 0 Å². The lowest BCUT2D eigenvalue weighted by molar-refractivity contribution is -0.137. The SMILES string of the molecule is CN1CCN(C(=O)CC2COCCN2C(C)(C)C)CC1. The number of morpholine rings is 1. The summed E-state index contributed by atoms with van der Waals surface area (Å²) >= 11 is 0. The number of rotatable bonds is 2. The lowest BCUT2D eigenvalue weighted by Gasteiger charge is -2.44. The standard InChI is InChI=1S/C15H29N3O2/c1-15(2,3)18-9-10-20-12-13(18)11-14(19)17-7-5-16(4)6-8-17/h13H,5-12H2,1-4H3. The minimum absolute atomic E-state index is 0.0941. The molecular formula is C15H29N3O2. The summed E-state index contributed by atoms with van der Waals surface area (Å²) in [5, 5.41) is 0. The second kappa shape index (κ2) is 6.41. The van der Waals surface area contributed by atoms with Crippen LogP contribution in [0.5, 0.6) is 0 Å². The summed E-state index contributed by atoms with van der Waals surface area (Å²) in [5.74, 6) is 0.280. The van der Waals surface area contributed by atoms with Gasteiger partial charge in [-0.3, -0.25) is 9.69 Å². The molecule has 0 radical (unpaired) electrons. The fourth-order valence-electron chi connectivity index (χ4n) is 3.09. The zero-order valence-corrected chi connectivity index (χ0v) is 13.4. The monoisotopic (exact) mass is 283 g/mol. The van der Waals surface area contributed by atoms with Crippen LogP contribution in [0.2, 0.25) is 0 Å². The largest absolute Gasteiger partial charge is 0.378 e. The summed E-state index contributed by atoms with van der Waals surface area (Å²) in [6.07, 6.45) is 0.584. The van der Waals surface area contributed by atoms with E-state index in [1.807, 2.05) is 4.90 Å². The minimum atomic E-state index is 0.0941. The van der Waals surface area contributed by atoms with Crippen molar-refractivity contribution in [1.29, 1.82) is 0 Å². The van der Waals surface area contributed by atoms with Crippen molar-refractivity contribution in [2.24, 2.45) is 0 Å². The summed E-state index contributed by atoms with van der Waals surface area (Å²) in [5.41, 5.74) is 0.0941. The Bertz CT molecular complexity index is 333. The zero-order chi connectivity index (χ0) is 14.8. The molecule has 1 atom stereocenters. The maximum Gasteiger partial charge on any atom is 0.224 e. The van der Waals surface area contributed by atoms with Gasteiger partial charge in [-0.25, -0.2) is 0 Å². The first kappa shape index (κ1) is 15.7. The Morgan fingerprint density at radius 2 is 1.80 bits per heavy atom. The summed E-state index contributed by atoms with van der Waals surface area (Å²) in [6, 6.07) is 0.218. The highest BCUT2D eigenvalue weighted by Gasteiger charge is 2.34. The molecule has 0 N–H and O–H groups in total. The topological polar surface area (TPSA) is 36.0 Å². The fourth-order valence-corrected chi connectivity index (χ4v) is 3.09. The Labute approximate surface area is 122 Å². The van der Waals surface area contributed by atoms with E-state index in [1.165, 1.54) is 0 Å². The van der Waals surface area contributed by atoms with Gasteiger partial charge in [-0.2, -0.15) is 0 Å². The smallest absolute Gasteiger partial charge is 0.224 e. The van der Waals surface area contributed by atoms with E-state index in [2.05, 4.69) is 37.6 Å². The van der Waals surface area contributed by atoms with E-state index in [9.17, 15) is 4.79 Å². The van der Waals surface area contributed by atoms with E-state index in [0.717, 1.165) is 39.3 Å². The van der Waals surface area contributed by atoms with Crippen molar-refractivity contribution in [3.63, 3.8) is 0 Å². The third-order valence-electron chi connectivity index (χ3n) is 4.36. The molecule has 0 aromatic heterocycles. The van der Waals surface area contributed by atoms with Crippen LogP contribution in [-0.2, 0) is 9.53 Å². The molecule has 2 aliphatic heterocycles. The van der Waals surface area contributed by atoms with Crippen molar-refractivity contribution in [1.82, 2.24) is 14.7 Å². The maximum atomic E-state index is 12.5. The number of nitrogens with zero attached hydrogens (tertiary/aromatic N) is 3. The number of hydrogen-bond donors (Lipinski definition) is 0. The maximum absolute atomic E-state index is 12.5. The lowest BCUT2D eigenvalue weighted by atomic mass is 10.00. The molecule has 0 aromatic carbocycles. The Hall–Kier alpha value is -0.650. The van der Waals surface area contributed by atoms with Gasteiger partial charge in [0.05, 0.1) is 13.2 Å². The van der Waals surface area contributed by atoms with Crippen LogP contribution in [0.1, 0.15) is 27.2 Å². The predicted octanol–water partition coefficient (Wildman–Crippen LogP) is 0.650. The number of hydrogen-bond acceptors (Lipinski definition) is 4. The van der Waals surface area contributed by atoms with Gasteiger partial charge >= 0.3 is 0 Å². The number of amides is 1. The quantitative estimate of drug-likeness (QED) is 0.745. The van der Waals surface area contributed by atoms with Gasteiger partial charge in [0.25, 0.3) is 0 Å². The first-order valence-corrected chi connectivity index (χ1v) is 7.69. The van der Waals surface area contributed by atoms with Gasteiger partial charge in [-0.15, -0.1) is 0 Å². The average Bonchev–Trinajstić information content (AvgIpc) is 2.38. The number of carbonyl (C=O) groups is 1. The molecule has 2 aliphatic rings. The second-order valence-electron chi connectivity index (χ2n) is 6.98. The van der Waals surface area contributed by atoms with Crippen LogP contribution in [0.4, 0.5) is 0 Å². The molecular weight excluding hydrogens is 254 g/mol. The normalized spacial score (nSPS) is 26.8. The van der Waals surface area contributed by atoms with Gasteiger partial charge in [0, 0.05) is 50.7 Å².